The smallest absolute Gasteiger partial charge is 0.298 e. The summed E-state index contributed by atoms with van der Waals surface area (Å²) in [4.78, 5) is 26.5. The highest BCUT2D eigenvalue weighted by atomic mass is 35.5. The van der Waals surface area contributed by atoms with Gasteiger partial charge >= 0.3 is 0 Å². The number of thioether (sulfide) groups is 1. The predicted molar refractivity (Wildman–Crippen MR) is 109 cm³/mol. The van der Waals surface area contributed by atoms with E-state index in [0.717, 1.165) is 22.2 Å². The van der Waals surface area contributed by atoms with Gasteiger partial charge in [0.2, 0.25) is 0 Å². The molecular weight excluding hydrogens is 386 g/mol. The summed E-state index contributed by atoms with van der Waals surface area (Å²) in [5.41, 5.74) is 1.19. The van der Waals surface area contributed by atoms with Crippen LogP contribution in [0.1, 0.15) is 19.4 Å². The number of anilines is 1. The van der Waals surface area contributed by atoms with Crippen LogP contribution in [0, 0.1) is 0 Å². The van der Waals surface area contributed by atoms with Gasteiger partial charge in [-0.15, -0.1) is 0 Å². The van der Waals surface area contributed by atoms with Gasteiger partial charge in [-0.25, -0.2) is 4.90 Å². The summed E-state index contributed by atoms with van der Waals surface area (Å²) in [6.07, 6.45) is 1.68. The minimum atomic E-state index is -0.381. The number of amides is 2. The van der Waals surface area contributed by atoms with Crippen molar-refractivity contribution in [1.29, 1.82) is 0 Å². The van der Waals surface area contributed by atoms with Crippen LogP contribution in [0.25, 0.3) is 6.08 Å². The van der Waals surface area contributed by atoms with Crippen molar-refractivity contribution in [3.05, 3.63) is 58.0 Å². The summed E-state index contributed by atoms with van der Waals surface area (Å²) in [5.74, 6) is 0.803. The molecule has 0 radical (unpaired) electrons. The van der Waals surface area contributed by atoms with Gasteiger partial charge in [0.25, 0.3) is 11.1 Å². The molecule has 2 aromatic rings. The van der Waals surface area contributed by atoms with E-state index in [1.807, 2.05) is 19.9 Å². The van der Waals surface area contributed by atoms with Gasteiger partial charge in [0.1, 0.15) is 0 Å². The van der Waals surface area contributed by atoms with E-state index in [1.54, 1.807) is 49.6 Å². The standard InChI is InChI=1S/C20H18ClNO4S/c1-12(2)26-16-8-7-13(9-17(16)25-3)10-18-19(23)22(20(24)27-18)15-6-4-5-14(21)11-15/h4-12H,1-3H3/b18-10+. The van der Waals surface area contributed by atoms with Crippen molar-refractivity contribution in [3.63, 3.8) is 0 Å². The molecular formula is C20H18ClNO4S. The zero-order valence-corrected chi connectivity index (χ0v) is 16.6. The van der Waals surface area contributed by atoms with Crippen LogP contribution in [0.4, 0.5) is 10.5 Å². The molecule has 1 aliphatic rings. The number of nitrogens with zero attached hydrogens (tertiary/aromatic N) is 1. The van der Waals surface area contributed by atoms with Crippen molar-refractivity contribution in [2.75, 3.05) is 12.0 Å². The third-order valence-electron chi connectivity index (χ3n) is 3.71. The number of hydrogen-bond acceptors (Lipinski definition) is 5. The normalized spacial score (nSPS) is 15.7. The van der Waals surface area contributed by atoms with E-state index in [2.05, 4.69) is 0 Å². The lowest BCUT2D eigenvalue weighted by Crippen LogP contribution is -2.27. The Morgan fingerprint density at radius 3 is 2.56 bits per heavy atom. The molecule has 2 amide bonds. The lowest BCUT2D eigenvalue weighted by Gasteiger charge is -2.14. The molecule has 1 heterocycles. The highest BCUT2D eigenvalue weighted by Crippen LogP contribution is 2.37. The number of imide groups is 1. The molecule has 1 fully saturated rings. The lowest BCUT2D eigenvalue weighted by atomic mass is 10.1. The Morgan fingerprint density at radius 1 is 1.11 bits per heavy atom. The Balaban J connectivity index is 1.89. The van der Waals surface area contributed by atoms with Gasteiger partial charge in [0.15, 0.2) is 11.5 Å². The summed E-state index contributed by atoms with van der Waals surface area (Å²) >= 11 is 6.86. The van der Waals surface area contributed by atoms with Gasteiger partial charge in [-0.3, -0.25) is 9.59 Å². The lowest BCUT2D eigenvalue weighted by molar-refractivity contribution is -0.113. The molecule has 5 nitrogen and oxygen atoms in total. The van der Waals surface area contributed by atoms with Crippen molar-refractivity contribution < 1.29 is 19.1 Å². The maximum absolute atomic E-state index is 12.7. The molecule has 1 saturated heterocycles. The molecule has 140 valence electrons. The van der Waals surface area contributed by atoms with Crippen LogP contribution in [0.5, 0.6) is 11.5 Å². The first-order chi connectivity index (χ1) is 12.9. The van der Waals surface area contributed by atoms with Gasteiger partial charge in [-0.2, -0.15) is 0 Å². The Hall–Kier alpha value is -2.44. The van der Waals surface area contributed by atoms with Crippen molar-refractivity contribution in [2.24, 2.45) is 0 Å². The van der Waals surface area contributed by atoms with Gasteiger partial charge in [0, 0.05) is 5.02 Å². The largest absolute Gasteiger partial charge is 0.493 e. The van der Waals surface area contributed by atoms with Crippen LogP contribution in [-0.4, -0.2) is 24.4 Å². The zero-order valence-electron chi connectivity index (χ0n) is 15.1. The molecule has 0 unspecified atom stereocenters. The maximum Gasteiger partial charge on any atom is 0.298 e. The van der Waals surface area contributed by atoms with E-state index in [9.17, 15) is 9.59 Å². The third-order valence-corrected chi connectivity index (χ3v) is 4.81. The van der Waals surface area contributed by atoms with Crippen LogP contribution in [-0.2, 0) is 4.79 Å². The number of hydrogen-bond donors (Lipinski definition) is 0. The average Bonchev–Trinajstić information content (AvgIpc) is 2.89. The molecule has 2 aromatic carbocycles. The summed E-state index contributed by atoms with van der Waals surface area (Å²) in [7, 11) is 1.55. The molecule has 0 aromatic heterocycles. The molecule has 27 heavy (non-hydrogen) atoms. The molecule has 0 aliphatic carbocycles. The van der Waals surface area contributed by atoms with Gasteiger partial charge < -0.3 is 9.47 Å². The Bertz CT molecular complexity index is 926. The molecule has 0 saturated carbocycles. The first-order valence-electron chi connectivity index (χ1n) is 8.27. The first-order valence-corrected chi connectivity index (χ1v) is 9.46. The fourth-order valence-corrected chi connectivity index (χ4v) is 3.61. The second-order valence-corrected chi connectivity index (χ2v) is 7.50. The van der Waals surface area contributed by atoms with Crippen molar-refractivity contribution >= 4 is 46.3 Å². The number of carbonyl (C=O) groups excluding carboxylic acids is 2. The minimum absolute atomic E-state index is 0.0129. The van der Waals surface area contributed by atoms with Crippen molar-refractivity contribution in [1.82, 2.24) is 0 Å². The highest BCUT2D eigenvalue weighted by Gasteiger charge is 2.36. The van der Waals surface area contributed by atoms with E-state index >= 15 is 0 Å². The Labute approximate surface area is 166 Å². The van der Waals surface area contributed by atoms with Crippen LogP contribution in [0.2, 0.25) is 5.02 Å². The van der Waals surface area contributed by atoms with Crippen LogP contribution in [0.3, 0.4) is 0 Å². The monoisotopic (exact) mass is 403 g/mol. The number of ether oxygens (including phenoxy) is 2. The predicted octanol–water partition coefficient (Wildman–Crippen LogP) is 5.38. The summed E-state index contributed by atoms with van der Waals surface area (Å²) in [6, 6.07) is 12.0. The van der Waals surface area contributed by atoms with Crippen LogP contribution < -0.4 is 14.4 Å². The SMILES string of the molecule is COc1cc(/C=C2/SC(=O)N(c3cccc(Cl)c3)C2=O)ccc1OC(C)C. The van der Waals surface area contributed by atoms with Crippen molar-refractivity contribution in [3.8, 4) is 11.5 Å². The summed E-state index contributed by atoms with van der Waals surface area (Å²) < 4.78 is 11.1. The molecule has 0 bridgehead atoms. The molecule has 1 aliphatic heterocycles. The van der Waals surface area contributed by atoms with Gasteiger partial charge in [0.05, 0.1) is 23.8 Å². The molecule has 0 N–H and O–H groups in total. The van der Waals surface area contributed by atoms with Crippen LogP contribution in [0.15, 0.2) is 47.4 Å². The molecule has 0 spiro atoms. The number of rotatable bonds is 5. The fraction of sp³-hybridized carbons (Fsp3) is 0.200. The molecule has 7 heteroatoms. The number of halogens is 1. The van der Waals surface area contributed by atoms with Crippen LogP contribution >= 0.6 is 23.4 Å². The second-order valence-electron chi connectivity index (χ2n) is 6.07. The molecule has 3 rings (SSSR count). The van der Waals surface area contributed by atoms with E-state index in [4.69, 9.17) is 21.1 Å². The minimum Gasteiger partial charge on any atom is -0.493 e. The fourth-order valence-electron chi connectivity index (χ4n) is 2.58. The average molecular weight is 404 g/mol. The van der Waals surface area contributed by atoms with E-state index in [1.165, 1.54) is 0 Å². The van der Waals surface area contributed by atoms with E-state index in [0.29, 0.717) is 27.1 Å². The van der Waals surface area contributed by atoms with Gasteiger partial charge in [-0.1, -0.05) is 23.7 Å². The maximum atomic E-state index is 12.7. The third kappa shape index (κ3) is 4.28. The number of carbonyl (C=O) groups is 2. The van der Waals surface area contributed by atoms with Gasteiger partial charge in [-0.05, 0) is 67.6 Å². The Morgan fingerprint density at radius 2 is 1.89 bits per heavy atom. The Kier molecular flexibility index (Phi) is 5.77. The molecule has 0 atom stereocenters. The topological polar surface area (TPSA) is 55.8 Å². The van der Waals surface area contributed by atoms with E-state index < -0.39 is 0 Å². The number of benzene rings is 2. The van der Waals surface area contributed by atoms with E-state index in [-0.39, 0.29) is 17.3 Å². The number of methoxy groups -OCH3 is 1. The second kappa shape index (κ2) is 8.06. The first kappa shape index (κ1) is 19.3. The summed E-state index contributed by atoms with van der Waals surface area (Å²) in [5, 5.41) is 0.0984. The quantitative estimate of drug-likeness (QED) is 0.627. The summed E-state index contributed by atoms with van der Waals surface area (Å²) in [6.45, 7) is 3.86. The highest BCUT2D eigenvalue weighted by molar-refractivity contribution is 8.19. The zero-order chi connectivity index (χ0) is 19.6. The van der Waals surface area contributed by atoms with Crippen molar-refractivity contribution in [2.45, 2.75) is 20.0 Å².